The molecular weight excluding hydrogens is 326 g/mol. The summed E-state index contributed by atoms with van der Waals surface area (Å²) in [4.78, 5) is 4.41. The minimum absolute atomic E-state index is 0.0749. The van der Waals surface area contributed by atoms with Crippen molar-refractivity contribution in [1.82, 2.24) is 10.4 Å². The Morgan fingerprint density at radius 3 is 2.76 bits per heavy atom. The summed E-state index contributed by atoms with van der Waals surface area (Å²) in [6.45, 7) is 2.08. The number of pyridine rings is 1. The Kier molecular flexibility index (Phi) is 4.01. The monoisotopic (exact) mass is 341 g/mol. The first-order valence-electron chi connectivity index (χ1n) is 6.76. The van der Waals surface area contributed by atoms with Crippen molar-refractivity contribution < 1.29 is 0 Å². The Hall–Kier alpha value is -1.75. The van der Waals surface area contributed by atoms with Gasteiger partial charge in [0, 0.05) is 16.1 Å². The van der Waals surface area contributed by atoms with Gasteiger partial charge in [-0.05, 0) is 47.9 Å². The van der Waals surface area contributed by atoms with Crippen LogP contribution in [0.1, 0.15) is 22.7 Å². The minimum Gasteiger partial charge on any atom is -0.271 e. The van der Waals surface area contributed by atoms with Gasteiger partial charge >= 0.3 is 0 Å². The number of nitrogens with two attached hydrogens (primary N) is 1. The molecule has 0 aliphatic heterocycles. The number of aryl methyl sites for hydroxylation is 1. The first-order chi connectivity index (χ1) is 10.2. The van der Waals surface area contributed by atoms with Crippen LogP contribution in [0.25, 0.3) is 10.9 Å². The normalized spacial score (nSPS) is 12.5. The molecule has 3 rings (SSSR count). The smallest absolute Gasteiger partial charge is 0.0717 e. The molecule has 2 aromatic carbocycles. The second kappa shape index (κ2) is 5.93. The fourth-order valence-electron chi connectivity index (χ4n) is 2.68. The summed E-state index contributed by atoms with van der Waals surface area (Å²) in [5.74, 6) is 5.84. The van der Waals surface area contributed by atoms with E-state index in [0.29, 0.717) is 0 Å². The number of hydrogen-bond acceptors (Lipinski definition) is 3. The van der Waals surface area contributed by atoms with Gasteiger partial charge in [-0.1, -0.05) is 40.2 Å². The molecule has 0 spiro atoms. The zero-order valence-corrected chi connectivity index (χ0v) is 13.3. The van der Waals surface area contributed by atoms with E-state index >= 15 is 0 Å². The molecule has 0 amide bonds. The van der Waals surface area contributed by atoms with E-state index in [9.17, 15) is 0 Å². The van der Waals surface area contributed by atoms with E-state index in [1.165, 1.54) is 5.56 Å². The third-order valence-electron chi connectivity index (χ3n) is 3.55. The van der Waals surface area contributed by atoms with Gasteiger partial charge < -0.3 is 0 Å². The Morgan fingerprint density at radius 1 is 1.14 bits per heavy atom. The molecule has 3 N–H and O–H groups in total. The van der Waals surface area contributed by atoms with Gasteiger partial charge in [0.05, 0.1) is 11.6 Å². The van der Waals surface area contributed by atoms with Gasteiger partial charge in [-0.25, -0.2) is 5.43 Å². The van der Waals surface area contributed by atoms with Crippen molar-refractivity contribution in [2.24, 2.45) is 5.84 Å². The zero-order valence-electron chi connectivity index (χ0n) is 11.7. The molecule has 106 valence electrons. The number of hydrazine groups is 1. The standard InChI is InChI=1S/C17H16BrN3/c1-11-8-12(10-13(18)9-11)17(21-19)15-4-2-6-16-14(15)5-3-7-20-16/h2-10,17,21H,19H2,1H3. The van der Waals surface area contributed by atoms with Crippen LogP contribution in [-0.2, 0) is 0 Å². The van der Waals surface area contributed by atoms with Crippen LogP contribution < -0.4 is 11.3 Å². The first-order valence-corrected chi connectivity index (χ1v) is 7.55. The summed E-state index contributed by atoms with van der Waals surface area (Å²) >= 11 is 3.55. The van der Waals surface area contributed by atoms with Gasteiger partial charge in [0.1, 0.15) is 0 Å². The molecule has 0 radical (unpaired) electrons. The van der Waals surface area contributed by atoms with Gasteiger partial charge in [-0.15, -0.1) is 0 Å². The maximum Gasteiger partial charge on any atom is 0.0717 e. The number of benzene rings is 2. The largest absolute Gasteiger partial charge is 0.271 e. The second-order valence-electron chi connectivity index (χ2n) is 5.08. The molecule has 1 heterocycles. The average Bonchev–Trinajstić information content (AvgIpc) is 2.47. The molecule has 21 heavy (non-hydrogen) atoms. The van der Waals surface area contributed by atoms with Crippen molar-refractivity contribution in [2.45, 2.75) is 13.0 Å². The predicted octanol–water partition coefficient (Wildman–Crippen LogP) is 3.86. The number of nitrogens with one attached hydrogen (secondary N) is 1. The summed E-state index contributed by atoms with van der Waals surface area (Å²) in [5, 5.41) is 1.11. The van der Waals surface area contributed by atoms with Crippen LogP contribution >= 0.6 is 15.9 Å². The summed E-state index contributed by atoms with van der Waals surface area (Å²) in [5.41, 5.74) is 7.35. The van der Waals surface area contributed by atoms with Gasteiger partial charge in [0.15, 0.2) is 0 Å². The van der Waals surface area contributed by atoms with E-state index in [-0.39, 0.29) is 6.04 Å². The fraction of sp³-hybridized carbons (Fsp3) is 0.118. The molecule has 0 fully saturated rings. The highest BCUT2D eigenvalue weighted by Crippen LogP contribution is 2.29. The molecule has 0 saturated carbocycles. The summed E-state index contributed by atoms with van der Waals surface area (Å²) in [7, 11) is 0. The van der Waals surface area contributed by atoms with Crippen molar-refractivity contribution in [3.63, 3.8) is 0 Å². The molecule has 1 atom stereocenters. The topological polar surface area (TPSA) is 50.9 Å². The van der Waals surface area contributed by atoms with E-state index in [0.717, 1.165) is 26.5 Å². The molecule has 4 heteroatoms. The molecule has 1 unspecified atom stereocenters. The highest BCUT2D eigenvalue weighted by Gasteiger charge is 2.16. The lowest BCUT2D eigenvalue weighted by Gasteiger charge is -2.19. The molecule has 3 aromatic rings. The van der Waals surface area contributed by atoms with Crippen LogP contribution in [0.5, 0.6) is 0 Å². The van der Waals surface area contributed by atoms with Crippen molar-refractivity contribution in [1.29, 1.82) is 0 Å². The van der Waals surface area contributed by atoms with E-state index in [1.54, 1.807) is 6.20 Å². The molecule has 0 aliphatic rings. The summed E-state index contributed by atoms with van der Waals surface area (Å²) in [6.07, 6.45) is 1.81. The van der Waals surface area contributed by atoms with E-state index < -0.39 is 0 Å². The number of aromatic nitrogens is 1. The first kappa shape index (κ1) is 14.2. The maximum absolute atomic E-state index is 5.84. The maximum atomic E-state index is 5.84. The number of nitrogens with zero attached hydrogens (tertiary/aromatic N) is 1. The fourth-order valence-corrected chi connectivity index (χ4v) is 3.30. The number of rotatable bonds is 3. The minimum atomic E-state index is -0.0749. The van der Waals surface area contributed by atoms with Crippen LogP contribution in [0.4, 0.5) is 0 Å². The quantitative estimate of drug-likeness (QED) is 0.561. The van der Waals surface area contributed by atoms with E-state index in [1.807, 2.05) is 18.2 Å². The van der Waals surface area contributed by atoms with Gasteiger partial charge in [0.25, 0.3) is 0 Å². The van der Waals surface area contributed by atoms with E-state index in [2.05, 4.69) is 63.6 Å². The molecule has 1 aromatic heterocycles. The Balaban J connectivity index is 2.18. The number of hydrogen-bond donors (Lipinski definition) is 2. The summed E-state index contributed by atoms with van der Waals surface area (Å²) in [6, 6.07) is 16.4. The summed E-state index contributed by atoms with van der Waals surface area (Å²) < 4.78 is 1.05. The van der Waals surface area contributed by atoms with Crippen LogP contribution in [0, 0.1) is 6.92 Å². The Morgan fingerprint density at radius 2 is 2.00 bits per heavy atom. The molecule has 0 bridgehead atoms. The van der Waals surface area contributed by atoms with Crippen molar-refractivity contribution >= 4 is 26.8 Å². The van der Waals surface area contributed by atoms with Crippen molar-refractivity contribution in [3.8, 4) is 0 Å². The third kappa shape index (κ3) is 2.83. The lowest BCUT2D eigenvalue weighted by atomic mass is 9.95. The second-order valence-corrected chi connectivity index (χ2v) is 5.99. The molecular formula is C17H16BrN3. The van der Waals surface area contributed by atoms with Crippen LogP contribution in [0.15, 0.2) is 59.2 Å². The van der Waals surface area contributed by atoms with Gasteiger partial charge in [0.2, 0.25) is 0 Å². The highest BCUT2D eigenvalue weighted by atomic mass is 79.9. The van der Waals surface area contributed by atoms with Crippen molar-refractivity contribution in [3.05, 3.63) is 75.9 Å². The SMILES string of the molecule is Cc1cc(Br)cc(C(NN)c2cccc3ncccc23)c1. The van der Waals surface area contributed by atoms with E-state index in [4.69, 9.17) is 5.84 Å². The highest BCUT2D eigenvalue weighted by molar-refractivity contribution is 9.10. The van der Waals surface area contributed by atoms with Crippen LogP contribution in [0.3, 0.4) is 0 Å². The number of halogens is 1. The van der Waals surface area contributed by atoms with Crippen molar-refractivity contribution in [2.75, 3.05) is 0 Å². The van der Waals surface area contributed by atoms with Gasteiger partial charge in [-0.3, -0.25) is 10.8 Å². The lowest BCUT2D eigenvalue weighted by molar-refractivity contribution is 0.640. The third-order valence-corrected chi connectivity index (χ3v) is 4.01. The zero-order chi connectivity index (χ0) is 14.8. The van der Waals surface area contributed by atoms with Crippen LogP contribution in [-0.4, -0.2) is 4.98 Å². The van der Waals surface area contributed by atoms with Gasteiger partial charge in [-0.2, -0.15) is 0 Å². The number of fused-ring (bicyclic) bond motifs is 1. The predicted molar refractivity (Wildman–Crippen MR) is 89.8 cm³/mol. The molecule has 3 nitrogen and oxygen atoms in total. The Bertz CT molecular complexity index is 760. The Labute approximate surface area is 132 Å². The van der Waals surface area contributed by atoms with Crippen LogP contribution in [0.2, 0.25) is 0 Å². The average molecular weight is 342 g/mol. The molecule has 0 aliphatic carbocycles. The lowest BCUT2D eigenvalue weighted by Crippen LogP contribution is -2.29. The molecule has 0 saturated heterocycles.